The highest BCUT2D eigenvalue weighted by Crippen LogP contribution is 2.23. The van der Waals surface area contributed by atoms with Gasteiger partial charge in [0, 0.05) is 29.9 Å². The van der Waals surface area contributed by atoms with E-state index in [4.69, 9.17) is 19.8 Å². The van der Waals surface area contributed by atoms with Crippen molar-refractivity contribution < 1.29 is 22.4 Å². The molecule has 0 spiro atoms. The highest BCUT2D eigenvalue weighted by Gasteiger charge is 2.22. The summed E-state index contributed by atoms with van der Waals surface area (Å²) in [6.45, 7) is 2.67. The van der Waals surface area contributed by atoms with Gasteiger partial charge >= 0.3 is 0 Å². The molecule has 0 saturated carbocycles. The van der Waals surface area contributed by atoms with Gasteiger partial charge in [0.15, 0.2) is 5.76 Å². The summed E-state index contributed by atoms with van der Waals surface area (Å²) in [4.78, 5) is 11.7. The first kappa shape index (κ1) is 16.3. The first-order chi connectivity index (χ1) is 9.88. The van der Waals surface area contributed by atoms with Crippen LogP contribution in [0.2, 0.25) is 0 Å². The number of nitrogens with one attached hydrogen (secondary N) is 1. The van der Waals surface area contributed by atoms with Crippen molar-refractivity contribution in [3.05, 3.63) is 17.6 Å². The van der Waals surface area contributed by atoms with E-state index in [1.54, 1.807) is 0 Å². The first-order valence-corrected chi connectivity index (χ1v) is 9.14. The molecule has 0 aliphatic carbocycles. The molecule has 1 aromatic heterocycles. The quantitative estimate of drug-likeness (QED) is 0.834. The number of furan rings is 1. The lowest BCUT2D eigenvalue weighted by atomic mass is 10.1. The van der Waals surface area contributed by atoms with Crippen molar-refractivity contribution in [1.29, 1.82) is 0 Å². The maximum Gasteiger partial charge on any atom is 0.287 e. The smallest absolute Gasteiger partial charge is 0.287 e. The predicted molar refractivity (Wildman–Crippen MR) is 77.0 cm³/mol. The van der Waals surface area contributed by atoms with Gasteiger partial charge in [-0.15, -0.1) is 0 Å². The fourth-order valence-corrected chi connectivity index (χ4v) is 3.38. The lowest BCUT2D eigenvalue weighted by Crippen LogP contribution is -2.29. The van der Waals surface area contributed by atoms with Gasteiger partial charge in [0.2, 0.25) is 0 Å². The molecule has 1 atom stereocenters. The van der Waals surface area contributed by atoms with Crippen LogP contribution in [0.15, 0.2) is 15.4 Å². The Bertz CT molecular complexity index is 604. The molecule has 1 unspecified atom stereocenters. The molecule has 2 rings (SSSR count). The number of rotatable bonds is 5. The maximum atomic E-state index is 11.9. The molecular weight excluding hydrogens is 318 g/mol. The Balaban J connectivity index is 1.88. The molecular formula is C13H18ClNO5S. The highest BCUT2D eigenvalue weighted by molar-refractivity contribution is 8.13. The maximum absolute atomic E-state index is 11.9. The summed E-state index contributed by atoms with van der Waals surface area (Å²) in [5.74, 6) is -0.414. The predicted octanol–water partition coefficient (Wildman–Crippen LogP) is 2.20. The van der Waals surface area contributed by atoms with E-state index >= 15 is 0 Å². The van der Waals surface area contributed by atoms with Crippen LogP contribution in [0.25, 0.3) is 0 Å². The van der Waals surface area contributed by atoms with Crippen LogP contribution >= 0.6 is 10.7 Å². The minimum atomic E-state index is -3.91. The Morgan fingerprint density at radius 2 is 2.24 bits per heavy atom. The summed E-state index contributed by atoms with van der Waals surface area (Å²) >= 11 is 0. The molecule has 118 valence electrons. The Kier molecular flexibility index (Phi) is 5.29. The molecule has 1 fully saturated rings. The van der Waals surface area contributed by atoms with E-state index < -0.39 is 15.0 Å². The van der Waals surface area contributed by atoms with Gasteiger partial charge in [-0.25, -0.2) is 8.42 Å². The second-order valence-corrected chi connectivity index (χ2v) is 7.54. The van der Waals surface area contributed by atoms with Crippen LogP contribution < -0.4 is 5.32 Å². The monoisotopic (exact) mass is 335 g/mol. The summed E-state index contributed by atoms with van der Waals surface area (Å²) in [6.07, 6.45) is 4.14. The Morgan fingerprint density at radius 3 is 2.81 bits per heavy atom. The van der Waals surface area contributed by atoms with Gasteiger partial charge in [-0.1, -0.05) is 0 Å². The Hall–Kier alpha value is -1.05. The third-order valence-electron chi connectivity index (χ3n) is 3.38. The van der Waals surface area contributed by atoms with E-state index in [2.05, 4.69) is 5.32 Å². The molecule has 1 aliphatic rings. The number of carbonyl (C=O) groups excluding carboxylic acids is 1. The normalized spacial score (nSPS) is 19.4. The standard InChI is InChI=1S/C13H18ClNO5S/c1-9-12(21(14,17)18)8-11(20-9)13(16)15-6-5-10-4-2-3-7-19-10/h8,10H,2-7H2,1H3,(H,15,16). The second-order valence-electron chi connectivity index (χ2n) is 5.00. The number of aryl methyl sites for hydroxylation is 1. The Morgan fingerprint density at radius 1 is 1.48 bits per heavy atom. The van der Waals surface area contributed by atoms with Crippen LogP contribution in [0.4, 0.5) is 0 Å². The molecule has 0 bridgehead atoms. The third kappa shape index (κ3) is 4.46. The Labute approximate surface area is 128 Å². The fourth-order valence-electron chi connectivity index (χ4n) is 2.29. The van der Waals surface area contributed by atoms with Crippen molar-refractivity contribution in [2.75, 3.05) is 13.2 Å². The molecule has 1 amide bonds. The zero-order valence-corrected chi connectivity index (χ0v) is 13.3. The van der Waals surface area contributed by atoms with Crippen LogP contribution in [-0.4, -0.2) is 33.6 Å². The van der Waals surface area contributed by atoms with Gasteiger partial charge in [-0.3, -0.25) is 4.79 Å². The SMILES string of the molecule is Cc1oc(C(=O)NCCC2CCCCO2)cc1S(=O)(=O)Cl. The van der Waals surface area contributed by atoms with Crippen LogP contribution in [-0.2, 0) is 13.8 Å². The molecule has 1 aliphatic heterocycles. The van der Waals surface area contributed by atoms with Gasteiger partial charge < -0.3 is 14.5 Å². The zero-order valence-electron chi connectivity index (χ0n) is 11.7. The minimum absolute atomic E-state index is 0.0590. The summed E-state index contributed by atoms with van der Waals surface area (Å²) in [6, 6.07) is 1.14. The van der Waals surface area contributed by atoms with Crippen molar-refractivity contribution in [1.82, 2.24) is 5.32 Å². The summed E-state index contributed by atoms with van der Waals surface area (Å²) in [5.41, 5.74) is 0. The van der Waals surface area contributed by atoms with E-state index in [1.807, 2.05) is 0 Å². The molecule has 0 aromatic carbocycles. The summed E-state index contributed by atoms with van der Waals surface area (Å²) < 4.78 is 33.2. The number of halogens is 1. The molecule has 8 heteroatoms. The topological polar surface area (TPSA) is 85.6 Å². The van der Waals surface area contributed by atoms with E-state index in [1.165, 1.54) is 6.92 Å². The van der Waals surface area contributed by atoms with Crippen LogP contribution in [0.5, 0.6) is 0 Å². The molecule has 21 heavy (non-hydrogen) atoms. The number of carbonyl (C=O) groups is 1. The lowest BCUT2D eigenvalue weighted by molar-refractivity contribution is 0.0116. The highest BCUT2D eigenvalue weighted by atomic mass is 35.7. The molecule has 6 nitrogen and oxygen atoms in total. The van der Waals surface area contributed by atoms with E-state index in [9.17, 15) is 13.2 Å². The van der Waals surface area contributed by atoms with Crippen molar-refractivity contribution in [3.8, 4) is 0 Å². The van der Waals surface area contributed by atoms with Crippen LogP contribution in [0, 0.1) is 6.92 Å². The largest absolute Gasteiger partial charge is 0.455 e. The minimum Gasteiger partial charge on any atom is -0.455 e. The van der Waals surface area contributed by atoms with Crippen molar-refractivity contribution in [3.63, 3.8) is 0 Å². The van der Waals surface area contributed by atoms with Crippen LogP contribution in [0.1, 0.15) is 42.0 Å². The van der Waals surface area contributed by atoms with Crippen molar-refractivity contribution in [2.24, 2.45) is 0 Å². The van der Waals surface area contributed by atoms with E-state index in [0.29, 0.717) is 6.54 Å². The molecule has 1 saturated heterocycles. The second kappa shape index (κ2) is 6.81. The van der Waals surface area contributed by atoms with Crippen molar-refractivity contribution >= 4 is 25.6 Å². The fraction of sp³-hybridized carbons (Fsp3) is 0.615. The summed E-state index contributed by atoms with van der Waals surface area (Å²) in [5, 5.41) is 2.69. The summed E-state index contributed by atoms with van der Waals surface area (Å²) in [7, 11) is 1.35. The number of hydrogen-bond acceptors (Lipinski definition) is 5. The van der Waals surface area contributed by atoms with Gasteiger partial charge in [-0.2, -0.15) is 0 Å². The van der Waals surface area contributed by atoms with Gasteiger partial charge in [-0.05, 0) is 32.6 Å². The van der Waals surface area contributed by atoms with E-state index in [-0.39, 0.29) is 22.5 Å². The van der Waals surface area contributed by atoms with Crippen molar-refractivity contribution in [2.45, 2.75) is 43.6 Å². The average Bonchev–Trinajstić information content (AvgIpc) is 2.82. The lowest BCUT2D eigenvalue weighted by Gasteiger charge is -2.22. The first-order valence-electron chi connectivity index (χ1n) is 6.83. The number of ether oxygens (including phenoxy) is 1. The molecule has 0 radical (unpaired) electrons. The van der Waals surface area contributed by atoms with E-state index in [0.717, 1.165) is 38.4 Å². The number of amides is 1. The van der Waals surface area contributed by atoms with Gasteiger partial charge in [0.05, 0.1) is 6.10 Å². The molecule has 1 aromatic rings. The molecule has 1 N–H and O–H groups in total. The van der Waals surface area contributed by atoms with Crippen LogP contribution in [0.3, 0.4) is 0 Å². The third-order valence-corrected chi connectivity index (χ3v) is 4.81. The number of hydrogen-bond donors (Lipinski definition) is 1. The van der Waals surface area contributed by atoms with Gasteiger partial charge in [0.1, 0.15) is 10.7 Å². The van der Waals surface area contributed by atoms with Gasteiger partial charge in [0.25, 0.3) is 15.0 Å². The zero-order chi connectivity index (χ0) is 15.5. The average molecular weight is 336 g/mol. The molecule has 2 heterocycles.